The van der Waals surface area contributed by atoms with E-state index in [-0.39, 0.29) is 17.5 Å². The van der Waals surface area contributed by atoms with Crippen LogP contribution in [0.5, 0.6) is 5.75 Å². The summed E-state index contributed by atoms with van der Waals surface area (Å²) in [6.07, 6.45) is 7.50. The Labute approximate surface area is 236 Å². The number of para-hydroxylation sites is 1. The molecule has 8 heteroatoms. The minimum Gasteiger partial charge on any atom is -0.491 e. The molecule has 0 bridgehead atoms. The Balaban J connectivity index is 1.20. The van der Waals surface area contributed by atoms with Gasteiger partial charge in [0.15, 0.2) is 0 Å². The summed E-state index contributed by atoms with van der Waals surface area (Å²) in [5.41, 5.74) is 3.60. The second kappa shape index (κ2) is 11.9. The first-order valence-electron chi connectivity index (χ1n) is 14.7. The molecule has 1 aromatic heterocycles. The van der Waals surface area contributed by atoms with Crippen LogP contribution in [0.15, 0.2) is 47.3 Å². The highest BCUT2D eigenvalue weighted by atomic mass is 16.5. The normalized spacial score (nSPS) is 18.5. The van der Waals surface area contributed by atoms with E-state index in [1.807, 2.05) is 47.2 Å². The predicted molar refractivity (Wildman–Crippen MR) is 156 cm³/mol. The van der Waals surface area contributed by atoms with Crippen LogP contribution in [0.2, 0.25) is 0 Å². The number of likely N-dealkylation sites (N-methyl/N-ethyl adjacent to an activating group) is 1. The molecule has 0 N–H and O–H groups in total. The zero-order chi connectivity index (χ0) is 28.3. The van der Waals surface area contributed by atoms with Crippen molar-refractivity contribution in [1.29, 1.82) is 0 Å². The molecule has 0 aliphatic carbocycles. The van der Waals surface area contributed by atoms with Crippen molar-refractivity contribution >= 4 is 22.8 Å². The number of nitrogens with zero attached hydrogens (tertiary/aromatic N) is 4. The van der Waals surface area contributed by atoms with E-state index in [0.29, 0.717) is 51.9 Å². The molecule has 8 nitrogen and oxygen atoms in total. The molecule has 0 unspecified atom stereocenters. The van der Waals surface area contributed by atoms with Crippen molar-refractivity contribution < 1.29 is 14.3 Å². The fourth-order valence-corrected chi connectivity index (χ4v) is 6.48. The molecule has 214 valence electrons. The van der Waals surface area contributed by atoms with Gasteiger partial charge in [0.25, 0.3) is 0 Å². The van der Waals surface area contributed by atoms with Crippen LogP contribution in [-0.4, -0.2) is 64.0 Å². The van der Waals surface area contributed by atoms with Crippen LogP contribution in [0, 0.1) is 5.41 Å². The second-order valence-electron chi connectivity index (χ2n) is 11.6. The van der Waals surface area contributed by atoms with Gasteiger partial charge in [-0.05, 0) is 67.9 Å². The van der Waals surface area contributed by atoms with E-state index in [2.05, 4.69) is 12.1 Å². The van der Waals surface area contributed by atoms with Crippen molar-refractivity contribution in [1.82, 2.24) is 18.9 Å². The third kappa shape index (κ3) is 5.67. The number of hydrogen-bond donors (Lipinski definition) is 0. The zero-order valence-corrected chi connectivity index (χ0v) is 24.2. The number of amides is 2. The smallest absolute Gasteiger partial charge is 0.328 e. The van der Waals surface area contributed by atoms with Crippen LogP contribution in [0.1, 0.15) is 56.1 Å². The summed E-state index contributed by atoms with van der Waals surface area (Å²) in [5, 5.41) is 0. The lowest BCUT2D eigenvalue weighted by molar-refractivity contribution is -0.148. The number of aromatic nitrogens is 2. The fraction of sp³-hybridized carbons (Fsp3) is 0.531. The van der Waals surface area contributed by atoms with Crippen molar-refractivity contribution in [2.75, 3.05) is 33.3 Å². The minimum absolute atomic E-state index is 0.0504. The Hall–Kier alpha value is -3.55. The van der Waals surface area contributed by atoms with Crippen molar-refractivity contribution in [3.8, 4) is 5.75 Å². The number of piperidine rings is 1. The van der Waals surface area contributed by atoms with Gasteiger partial charge in [-0.15, -0.1) is 0 Å². The summed E-state index contributed by atoms with van der Waals surface area (Å²) in [4.78, 5) is 43.0. The lowest BCUT2D eigenvalue weighted by Crippen LogP contribution is -2.51. The minimum atomic E-state index is -0.407. The Morgan fingerprint density at radius 3 is 2.42 bits per heavy atom. The van der Waals surface area contributed by atoms with E-state index in [0.717, 1.165) is 54.5 Å². The van der Waals surface area contributed by atoms with Crippen LogP contribution >= 0.6 is 0 Å². The number of benzene rings is 2. The van der Waals surface area contributed by atoms with Gasteiger partial charge in [0, 0.05) is 40.7 Å². The van der Waals surface area contributed by atoms with Gasteiger partial charge in [-0.3, -0.25) is 18.7 Å². The molecule has 3 aromatic rings. The first kappa shape index (κ1) is 28.0. The molecule has 2 aliphatic heterocycles. The number of hydrogen-bond acceptors (Lipinski definition) is 4. The van der Waals surface area contributed by atoms with Crippen molar-refractivity contribution in [3.63, 3.8) is 0 Å². The fourth-order valence-electron chi connectivity index (χ4n) is 6.48. The lowest BCUT2D eigenvalue weighted by atomic mass is 9.73. The number of carbonyl (C=O) groups is 2. The summed E-state index contributed by atoms with van der Waals surface area (Å²) in [5.74, 6) is 1.25. The highest BCUT2D eigenvalue weighted by Crippen LogP contribution is 2.39. The molecular weight excluding hydrogens is 504 g/mol. The summed E-state index contributed by atoms with van der Waals surface area (Å²) in [6.45, 7) is 2.26. The number of ether oxygens (including phenoxy) is 1. The molecule has 0 saturated carbocycles. The number of imidazole rings is 1. The third-order valence-corrected chi connectivity index (χ3v) is 9.10. The average Bonchev–Trinajstić information content (AvgIpc) is 3.19. The van der Waals surface area contributed by atoms with E-state index >= 15 is 0 Å². The molecule has 0 atom stereocenters. The second-order valence-corrected chi connectivity index (χ2v) is 11.6. The first-order valence-corrected chi connectivity index (χ1v) is 14.7. The molecular formula is C32H42N4O4. The van der Waals surface area contributed by atoms with Crippen molar-refractivity contribution in [2.24, 2.45) is 19.5 Å². The average molecular weight is 547 g/mol. The molecule has 1 fully saturated rings. The number of likely N-dealkylation sites (tertiary alicyclic amines) is 1. The van der Waals surface area contributed by atoms with Gasteiger partial charge in [-0.1, -0.05) is 37.1 Å². The Kier molecular flexibility index (Phi) is 8.33. The maximum Gasteiger partial charge on any atom is 0.328 e. The van der Waals surface area contributed by atoms with Gasteiger partial charge < -0.3 is 14.5 Å². The molecule has 2 amide bonds. The van der Waals surface area contributed by atoms with Crippen molar-refractivity contribution in [3.05, 3.63) is 64.1 Å². The van der Waals surface area contributed by atoms with Crippen LogP contribution < -0.4 is 10.4 Å². The van der Waals surface area contributed by atoms with Crippen LogP contribution in [0.3, 0.4) is 0 Å². The van der Waals surface area contributed by atoms with E-state index in [1.165, 1.54) is 5.56 Å². The highest BCUT2D eigenvalue weighted by molar-refractivity contribution is 5.83. The van der Waals surface area contributed by atoms with E-state index in [9.17, 15) is 14.4 Å². The highest BCUT2D eigenvalue weighted by Gasteiger charge is 2.43. The quantitative estimate of drug-likeness (QED) is 0.496. The molecule has 40 heavy (non-hydrogen) atoms. The number of rotatable bonds is 3. The largest absolute Gasteiger partial charge is 0.491 e. The molecule has 2 aliphatic rings. The summed E-state index contributed by atoms with van der Waals surface area (Å²) < 4.78 is 9.37. The predicted octanol–water partition coefficient (Wildman–Crippen LogP) is 4.07. The Morgan fingerprint density at radius 2 is 1.62 bits per heavy atom. The zero-order valence-electron chi connectivity index (χ0n) is 24.2. The Morgan fingerprint density at radius 1 is 0.875 bits per heavy atom. The number of carbonyl (C=O) groups excluding carboxylic acids is 2. The Bertz CT molecular complexity index is 1430. The van der Waals surface area contributed by atoms with Gasteiger partial charge in [-0.2, -0.15) is 0 Å². The van der Waals surface area contributed by atoms with Gasteiger partial charge in [0.2, 0.25) is 11.8 Å². The molecule has 1 saturated heterocycles. The van der Waals surface area contributed by atoms with Crippen LogP contribution in [0.25, 0.3) is 11.0 Å². The van der Waals surface area contributed by atoms with E-state index in [4.69, 9.17) is 4.74 Å². The molecule has 3 heterocycles. The maximum absolute atomic E-state index is 13.8. The van der Waals surface area contributed by atoms with E-state index in [1.54, 1.807) is 23.2 Å². The summed E-state index contributed by atoms with van der Waals surface area (Å²) >= 11 is 0. The van der Waals surface area contributed by atoms with Crippen molar-refractivity contribution in [2.45, 2.75) is 57.8 Å². The lowest BCUT2D eigenvalue weighted by Gasteiger charge is -2.42. The molecule has 0 radical (unpaired) electrons. The third-order valence-electron chi connectivity index (χ3n) is 9.10. The molecule has 1 spiro atoms. The number of aryl methyl sites for hydroxylation is 4. The van der Waals surface area contributed by atoms with Gasteiger partial charge in [-0.25, -0.2) is 4.79 Å². The maximum atomic E-state index is 13.8. The van der Waals surface area contributed by atoms with Gasteiger partial charge in [0.1, 0.15) is 12.4 Å². The number of fused-ring (bicyclic) bond motifs is 2. The molecule has 2 aromatic carbocycles. The first-order chi connectivity index (χ1) is 19.3. The summed E-state index contributed by atoms with van der Waals surface area (Å²) in [7, 11) is 5.43. The standard InChI is InChI=1S/C32H42N4O4/c1-33-21-22-40-28-11-7-6-10-25(28)9-5-4-8-16-32(30(33)38)17-19-36(20-18-32)29(37)15-13-24-12-14-26-27(23-24)35(3)31(39)34(26)2/h6-7,10-12,14,23H,4-5,8-9,13,15-22H2,1-3H3. The summed E-state index contributed by atoms with van der Waals surface area (Å²) in [6, 6.07) is 14.2. The van der Waals surface area contributed by atoms with Gasteiger partial charge in [0.05, 0.1) is 23.0 Å². The monoisotopic (exact) mass is 546 g/mol. The van der Waals surface area contributed by atoms with Crippen LogP contribution in [-0.2, 0) is 36.5 Å². The topological polar surface area (TPSA) is 76.8 Å². The van der Waals surface area contributed by atoms with Crippen LogP contribution in [0.4, 0.5) is 0 Å². The van der Waals surface area contributed by atoms with Gasteiger partial charge >= 0.3 is 5.69 Å². The van der Waals surface area contributed by atoms with E-state index < -0.39 is 5.41 Å². The SMILES string of the molecule is CN1CCOc2ccccc2CCCCCC2(CCN(C(=O)CCc3ccc4c(c3)n(C)c(=O)n4C)CC2)C1=O. The molecule has 5 rings (SSSR count).